The summed E-state index contributed by atoms with van der Waals surface area (Å²) < 4.78 is 16.9. The highest BCUT2D eigenvalue weighted by molar-refractivity contribution is 5.71. The first-order valence-corrected chi connectivity index (χ1v) is 31.3. The summed E-state index contributed by atoms with van der Waals surface area (Å²) in [5.41, 5.74) is 0. The Labute approximate surface area is 447 Å². The second-order valence-electron chi connectivity index (χ2n) is 20.9. The molecule has 0 saturated carbocycles. The molecule has 0 aromatic heterocycles. The van der Waals surface area contributed by atoms with Gasteiger partial charge in [-0.2, -0.15) is 0 Å². The van der Waals surface area contributed by atoms with Gasteiger partial charge < -0.3 is 14.2 Å². The molecule has 0 aliphatic heterocycles. The predicted octanol–water partition coefficient (Wildman–Crippen LogP) is 21.2. The van der Waals surface area contributed by atoms with Crippen LogP contribution < -0.4 is 0 Å². The maximum atomic E-state index is 12.9. The molecule has 0 radical (unpaired) electrons. The van der Waals surface area contributed by atoms with E-state index in [2.05, 4.69) is 81.5 Å². The van der Waals surface area contributed by atoms with Crippen molar-refractivity contribution >= 4 is 17.9 Å². The van der Waals surface area contributed by atoms with Crippen LogP contribution in [0.4, 0.5) is 0 Å². The van der Waals surface area contributed by atoms with Gasteiger partial charge in [0.15, 0.2) is 6.10 Å². The molecule has 0 saturated heterocycles. The molecule has 0 N–H and O–H groups in total. The Bertz CT molecular complexity index is 1290. The van der Waals surface area contributed by atoms with Crippen molar-refractivity contribution in [3.63, 3.8) is 0 Å². The van der Waals surface area contributed by atoms with Gasteiger partial charge in [0, 0.05) is 19.3 Å². The van der Waals surface area contributed by atoms with Gasteiger partial charge in [-0.25, -0.2) is 0 Å². The summed E-state index contributed by atoms with van der Waals surface area (Å²) in [5, 5.41) is 0. The number of unbranched alkanes of at least 4 members (excludes halogenated alkanes) is 36. The molecule has 0 bridgehead atoms. The first-order chi connectivity index (χ1) is 35.5. The molecule has 0 rings (SSSR count). The number of carbonyl (C=O) groups is 3. The fourth-order valence-corrected chi connectivity index (χ4v) is 9.08. The lowest BCUT2D eigenvalue weighted by Gasteiger charge is -2.18. The molecule has 0 amide bonds. The summed E-state index contributed by atoms with van der Waals surface area (Å²) in [6.07, 6.45) is 76.5. The van der Waals surface area contributed by atoms with Gasteiger partial charge in [0.1, 0.15) is 13.2 Å². The van der Waals surface area contributed by atoms with Crippen LogP contribution in [-0.4, -0.2) is 37.2 Å². The third kappa shape index (κ3) is 58.0. The van der Waals surface area contributed by atoms with Gasteiger partial charge in [-0.1, -0.05) is 281 Å². The number of allylic oxidation sites excluding steroid dienone is 10. The largest absolute Gasteiger partial charge is 0.462 e. The molecule has 0 aliphatic carbocycles. The minimum atomic E-state index is -0.782. The maximum absolute atomic E-state index is 12.9. The fraction of sp³-hybridized carbons (Fsp3) is 0.803. The van der Waals surface area contributed by atoms with Crippen molar-refractivity contribution in [2.75, 3.05) is 13.2 Å². The molecule has 0 heterocycles. The number of esters is 3. The second kappa shape index (κ2) is 60.7. The van der Waals surface area contributed by atoms with E-state index >= 15 is 0 Å². The molecule has 0 aromatic rings. The minimum absolute atomic E-state index is 0.0778. The van der Waals surface area contributed by atoms with E-state index in [-0.39, 0.29) is 31.1 Å². The maximum Gasteiger partial charge on any atom is 0.306 e. The van der Waals surface area contributed by atoms with Crippen molar-refractivity contribution in [1.29, 1.82) is 0 Å². The van der Waals surface area contributed by atoms with Gasteiger partial charge in [-0.15, -0.1) is 0 Å². The zero-order valence-electron chi connectivity index (χ0n) is 47.9. The molecule has 1 atom stereocenters. The molecule has 1 unspecified atom stereocenters. The molecule has 418 valence electrons. The molecule has 0 aliphatic rings. The molecular weight excluding hydrogens is 889 g/mol. The number of hydrogen-bond acceptors (Lipinski definition) is 6. The van der Waals surface area contributed by atoms with E-state index in [1.807, 2.05) is 0 Å². The monoisotopic (exact) mass is 1010 g/mol. The van der Waals surface area contributed by atoms with Crippen molar-refractivity contribution in [2.24, 2.45) is 0 Å². The van der Waals surface area contributed by atoms with Crippen LogP contribution in [0, 0.1) is 0 Å². The zero-order valence-corrected chi connectivity index (χ0v) is 47.9. The van der Waals surface area contributed by atoms with E-state index in [9.17, 15) is 14.4 Å². The van der Waals surface area contributed by atoms with Gasteiger partial charge in [0.25, 0.3) is 0 Å². The van der Waals surface area contributed by atoms with Crippen LogP contribution >= 0.6 is 0 Å². The van der Waals surface area contributed by atoms with E-state index in [4.69, 9.17) is 14.2 Å². The van der Waals surface area contributed by atoms with Crippen molar-refractivity contribution < 1.29 is 28.6 Å². The topological polar surface area (TPSA) is 78.9 Å². The Kier molecular flexibility index (Phi) is 58.2. The zero-order chi connectivity index (χ0) is 52.2. The van der Waals surface area contributed by atoms with Gasteiger partial charge in [-0.05, 0) is 83.5 Å². The quantitative estimate of drug-likeness (QED) is 0.0261. The summed E-state index contributed by atoms with van der Waals surface area (Å²) in [4.78, 5) is 38.3. The Hall–Kier alpha value is -2.89. The molecule has 0 fully saturated rings. The number of hydrogen-bond donors (Lipinski definition) is 0. The number of carbonyl (C=O) groups excluding carboxylic acids is 3. The summed E-state index contributed by atoms with van der Waals surface area (Å²) in [7, 11) is 0. The van der Waals surface area contributed by atoms with E-state index < -0.39 is 6.10 Å². The lowest BCUT2D eigenvalue weighted by Crippen LogP contribution is -2.30. The highest BCUT2D eigenvalue weighted by atomic mass is 16.6. The Balaban J connectivity index is 4.36. The molecule has 6 nitrogen and oxygen atoms in total. The van der Waals surface area contributed by atoms with Crippen LogP contribution in [0.25, 0.3) is 0 Å². The van der Waals surface area contributed by atoms with Gasteiger partial charge >= 0.3 is 17.9 Å². The Morgan fingerprint density at radius 3 is 0.875 bits per heavy atom. The minimum Gasteiger partial charge on any atom is -0.462 e. The summed E-state index contributed by atoms with van der Waals surface area (Å²) in [6.45, 7) is 6.54. The second-order valence-corrected chi connectivity index (χ2v) is 20.9. The summed E-state index contributed by atoms with van der Waals surface area (Å²) in [5.74, 6) is -0.878. The van der Waals surface area contributed by atoms with Crippen molar-refractivity contribution in [1.82, 2.24) is 0 Å². The first kappa shape index (κ1) is 69.1. The summed E-state index contributed by atoms with van der Waals surface area (Å²) in [6, 6.07) is 0. The van der Waals surface area contributed by atoms with E-state index in [0.29, 0.717) is 19.3 Å². The first-order valence-electron chi connectivity index (χ1n) is 31.3. The lowest BCUT2D eigenvalue weighted by atomic mass is 10.0. The van der Waals surface area contributed by atoms with E-state index in [1.165, 1.54) is 186 Å². The smallest absolute Gasteiger partial charge is 0.306 e. The molecule has 6 heteroatoms. The van der Waals surface area contributed by atoms with Crippen LogP contribution in [0.2, 0.25) is 0 Å². The van der Waals surface area contributed by atoms with Crippen LogP contribution in [-0.2, 0) is 28.6 Å². The standard InChI is InChI=1S/C66H118O6/c1-4-7-10-13-16-19-22-25-28-31-32-33-36-38-41-44-47-50-53-56-59-65(68)71-62-63(72-66(69)60-57-54-51-48-45-42-39-35-30-27-24-21-18-15-12-9-6-3)61-70-64(67)58-55-52-49-46-43-40-37-34-29-26-23-20-17-14-11-8-5-2/h9,12,17-18,20-21,26-27,29-30,63H,4-8,10-11,13-16,19,22-25,28,31-62H2,1-3H3/b12-9-,20-17-,21-18-,29-26-,30-27-. The SMILES string of the molecule is CC/C=C\C/C=C\C/C=C\CCCCCCCCCC(=O)OC(COC(=O)CCCCCCCCC/C=C\C/C=C\CCCCC)COC(=O)CCCCCCCCCCCCCCCCCCCCCC. The molecule has 72 heavy (non-hydrogen) atoms. The Morgan fingerprint density at radius 2 is 0.542 bits per heavy atom. The average molecular weight is 1010 g/mol. The average Bonchev–Trinajstić information content (AvgIpc) is 3.38. The highest BCUT2D eigenvalue weighted by Gasteiger charge is 2.19. The van der Waals surface area contributed by atoms with E-state index in [0.717, 1.165) is 96.3 Å². The van der Waals surface area contributed by atoms with Crippen molar-refractivity contribution in [2.45, 2.75) is 329 Å². The van der Waals surface area contributed by atoms with Crippen LogP contribution in [0.1, 0.15) is 323 Å². The summed E-state index contributed by atoms with van der Waals surface area (Å²) >= 11 is 0. The third-order valence-electron chi connectivity index (χ3n) is 13.8. The third-order valence-corrected chi connectivity index (χ3v) is 13.8. The van der Waals surface area contributed by atoms with Gasteiger partial charge in [0.05, 0.1) is 0 Å². The highest BCUT2D eigenvalue weighted by Crippen LogP contribution is 2.17. The normalized spacial score (nSPS) is 12.4. The molecule has 0 aromatic carbocycles. The number of rotatable bonds is 57. The van der Waals surface area contributed by atoms with Crippen LogP contribution in [0.3, 0.4) is 0 Å². The lowest BCUT2D eigenvalue weighted by molar-refractivity contribution is -0.167. The van der Waals surface area contributed by atoms with Crippen molar-refractivity contribution in [3.05, 3.63) is 60.8 Å². The van der Waals surface area contributed by atoms with Crippen LogP contribution in [0.5, 0.6) is 0 Å². The number of ether oxygens (including phenoxy) is 3. The van der Waals surface area contributed by atoms with Crippen LogP contribution in [0.15, 0.2) is 60.8 Å². The van der Waals surface area contributed by atoms with Gasteiger partial charge in [-0.3, -0.25) is 14.4 Å². The molecule has 0 spiro atoms. The predicted molar refractivity (Wildman–Crippen MR) is 312 cm³/mol. The Morgan fingerprint density at radius 1 is 0.292 bits per heavy atom. The van der Waals surface area contributed by atoms with Gasteiger partial charge in [0.2, 0.25) is 0 Å². The van der Waals surface area contributed by atoms with Crippen molar-refractivity contribution in [3.8, 4) is 0 Å². The van der Waals surface area contributed by atoms with E-state index in [1.54, 1.807) is 0 Å². The molecular formula is C66H118O6. The fourth-order valence-electron chi connectivity index (χ4n) is 9.08.